The third-order valence-corrected chi connectivity index (χ3v) is 4.03. The highest BCUT2D eigenvalue weighted by atomic mass is 19.4. The Labute approximate surface area is 128 Å². The largest absolute Gasteiger partial charge is 0.456 e. The first-order chi connectivity index (χ1) is 10.8. The van der Waals surface area contributed by atoms with Gasteiger partial charge in [-0.15, -0.1) is 10.2 Å². The van der Waals surface area contributed by atoms with Crippen LogP contribution in [0.15, 0.2) is 4.42 Å². The van der Waals surface area contributed by atoms with E-state index >= 15 is 0 Å². The third kappa shape index (κ3) is 2.57. The van der Waals surface area contributed by atoms with Crippen LogP contribution in [0.25, 0.3) is 0 Å². The molecule has 1 fully saturated rings. The van der Waals surface area contributed by atoms with Gasteiger partial charge in [0.25, 0.3) is 5.91 Å². The van der Waals surface area contributed by atoms with Crippen LogP contribution in [0.1, 0.15) is 52.1 Å². The van der Waals surface area contributed by atoms with E-state index in [1.54, 1.807) is 0 Å². The Hall–Kier alpha value is -2.39. The molecule has 1 saturated heterocycles. The molecule has 2 aromatic heterocycles. The molecule has 0 aromatic carbocycles. The molecule has 1 amide bonds. The first-order valence-electron chi connectivity index (χ1n) is 7.02. The quantitative estimate of drug-likeness (QED) is 0.914. The van der Waals surface area contributed by atoms with Gasteiger partial charge in [-0.2, -0.15) is 18.4 Å². The minimum absolute atomic E-state index is 0.0796. The fourth-order valence-corrected chi connectivity index (χ4v) is 2.82. The van der Waals surface area contributed by atoms with Crippen molar-refractivity contribution >= 4 is 5.91 Å². The minimum atomic E-state index is -4.73. The first-order valence-corrected chi connectivity index (χ1v) is 7.02. The van der Waals surface area contributed by atoms with Crippen LogP contribution in [-0.2, 0) is 6.18 Å². The van der Waals surface area contributed by atoms with Crippen molar-refractivity contribution in [2.24, 2.45) is 0 Å². The van der Waals surface area contributed by atoms with Crippen molar-refractivity contribution in [3.05, 3.63) is 28.5 Å². The van der Waals surface area contributed by atoms with Gasteiger partial charge in [-0.1, -0.05) is 5.21 Å². The molecular formula is C13H14F3N5O2. The zero-order valence-corrected chi connectivity index (χ0v) is 12.4. The molecule has 3 rings (SSSR count). The number of likely N-dealkylation sites (tertiary alicyclic amines) is 1. The van der Waals surface area contributed by atoms with Crippen LogP contribution in [0, 0.1) is 13.8 Å². The lowest BCUT2D eigenvalue weighted by Crippen LogP contribution is -2.32. The number of carbonyl (C=O) groups excluding carboxylic acids is 1. The van der Waals surface area contributed by atoms with Crippen molar-refractivity contribution < 1.29 is 22.4 Å². The van der Waals surface area contributed by atoms with Crippen molar-refractivity contribution in [1.29, 1.82) is 0 Å². The Kier molecular flexibility index (Phi) is 3.61. The van der Waals surface area contributed by atoms with Gasteiger partial charge in [0.15, 0.2) is 5.82 Å². The van der Waals surface area contributed by atoms with E-state index in [1.165, 1.54) is 18.7 Å². The number of H-pyrrole nitrogens is 1. The van der Waals surface area contributed by atoms with E-state index in [-0.39, 0.29) is 11.3 Å². The molecule has 1 N–H and O–H groups in total. The number of carbonyl (C=O) groups is 1. The van der Waals surface area contributed by atoms with Crippen LogP contribution in [-0.4, -0.2) is 38.0 Å². The fraction of sp³-hybridized carbons (Fsp3) is 0.538. The number of hydrogen-bond acceptors (Lipinski definition) is 5. The summed E-state index contributed by atoms with van der Waals surface area (Å²) in [6.45, 7) is 3.18. The van der Waals surface area contributed by atoms with Crippen molar-refractivity contribution in [2.45, 2.75) is 38.9 Å². The smallest absolute Gasteiger partial charge is 0.450 e. The van der Waals surface area contributed by atoms with E-state index in [1.807, 2.05) is 0 Å². The minimum Gasteiger partial charge on any atom is -0.456 e. The normalized spacial score (nSPS) is 18.7. The van der Waals surface area contributed by atoms with E-state index in [2.05, 4.69) is 20.6 Å². The van der Waals surface area contributed by atoms with Crippen LogP contribution in [0.5, 0.6) is 0 Å². The van der Waals surface area contributed by atoms with Crippen molar-refractivity contribution in [1.82, 2.24) is 25.5 Å². The van der Waals surface area contributed by atoms with Gasteiger partial charge in [-0.05, 0) is 26.7 Å². The summed E-state index contributed by atoms with van der Waals surface area (Å²) in [6, 6.07) is -0.489. The topological polar surface area (TPSA) is 87.9 Å². The molecular weight excluding hydrogens is 315 g/mol. The number of halogens is 3. The fourth-order valence-electron chi connectivity index (χ4n) is 2.82. The maximum Gasteiger partial charge on any atom is 0.450 e. The summed E-state index contributed by atoms with van der Waals surface area (Å²) in [6.07, 6.45) is -3.50. The van der Waals surface area contributed by atoms with Crippen molar-refractivity contribution in [3.63, 3.8) is 0 Å². The second-order valence-corrected chi connectivity index (χ2v) is 5.41. The summed E-state index contributed by atoms with van der Waals surface area (Å²) in [5.41, 5.74) is -0.244. The zero-order chi connectivity index (χ0) is 16.8. The standard InChI is InChI=1S/C13H14F3N5O2/c1-6-7(2)23-10(13(14,15)16)9(6)12(22)21-5-3-4-8(21)11-17-19-20-18-11/h8H,3-5H2,1-2H3,(H,17,18,19,20). The Morgan fingerprint density at radius 1 is 1.39 bits per heavy atom. The predicted molar refractivity (Wildman–Crippen MR) is 70.4 cm³/mol. The zero-order valence-electron chi connectivity index (χ0n) is 12.4. The van der Waals surface area contributed by atoms with E-state index in [9.17, 15) is 18.0 Å². The van der Waals surface area contributed by atoms with Crippen molar-refractivity contribution in [2.75, 3.05) is 6.54 Å². The summed E-state index contributed by atoms with van der Waals surface area (Å²) < 4.78 is 44.3. The lowest BCUT2D eigenvalue weighted by Gasteiger charge is -2.22. The molecule has 10 heteroatoms. The van der Waals surface area contributed by atoms with Gasteiger partial charge >= 0.3 is 6.18 Å². The molecule has 0 spiro atoms. The van der Waals surface area contributed by atoms with Gasteiger partial charge < -0.3 is 9.32 Å². The average molecular weight is 329 g/mol. The highest BCUT2D eigenvalue weighted by Crippen LogP contribution is 2.39. The highest BCUT2D eigenvalue weighted by Gasteiger charge is 2.44. The van der Waals surface area contributed by atoms with Gasteiger partial charge in [0, 0.05) is 12.1 Å². The lowest BCUT2D eigenvalue weighted by molar-refractivity contribution is -0.153. The monoisotopic (exact) mass is 329 g/mol. The number of tetrazole rings is 1. The molecule has 1 unspecified atom stereocenters. The first kappa shape index (κ1) is 15.5. The number of alkyl halides is 3. The number of aromatic nitrogens is 4. The summed E-state index contributed by atoms with van der Waals surface area (Å²) >= 11 is 0. The van der Waals surface area contributed by atoms with Gasteiger partial charge in [0.05, 0.1) is 11.6 Å². The average Bonchev–Trinajstić information content (AvgIpc) is 3.18. The number of aryl methyl sites for hydroxylation is 1. The molecule has 1 aliphatic rings. The Balaban J connectivity index is 2.01. The molecule has 1 aliphatic heterocycles. The van der Waals surface area contributed by atoms with Crippen LogP contribution >= 0.6 is 0 Å². The summed E-state index contributed by atoms with van der Waals surface area (Å²) in [5.74, 6) is -1.60. The highest BCUT2D eigenvalue weighted by molar-refractivity contribution is 5.97. The molecule has 0 saturated carbocycles. The second-order valence-electron chi connectivity index (χ2n) is 5.41. The van der Waals surface area contributed by atoms with Gasteiger partial charge in [-0.3, -0.25) is 4.79 Å². The van der Waals surface area contributed by atoms with Crippen LogP contribution in [0.4, 0.5) is 13.2 Å². The summed E-state index contributed by atoms with van der Waals surface area (Å²) in [5, 5.41) is 13.4. The third-order valence-electron chi connectivity index (χ3n) is 4.03. The number of nitrogens with zero attached hydrogens (tertiary/aromatic N) is 4. The molecule has 7 nitrogen and oxygen atoms in total. The maximum atomic E-state index is 13.2. The van der Waals surface area contributed by atoms with Crippen molar-refractivity contribution in [3.8, 4) is 0 Å². The number of nitrogens with one attached hydrogen (secondary N) is 1. The lowest BCUT2D eigenvalue weighted by atomic mass is 10.1. The van der Waals surface area contributed by atoms with Crippen LogP contribution in [0.2, 0.25) is 0 Å². The Morgan fingerprint density at radius 3 is 2.74 bits per heavy atom. The van der Waals surface area contributed by atoms with E-state index in [0.717, 1.165) is 0 Å². The number of furan rings is 1. The summed E-state index contributed by atoms with van der Waals surface area (Å²) in [7, 11) is 0. The molecule has 124 valence electrons. The number of amides is 1. The second kappa shape index (κ2) is 5.36. The van der Waals surface area contributed by atoms with E-state index in [4.69, 9.17) is 4.42 Å². The predicted octanol–water partition coefficient (Wildman–Crippen LogP) is 2.41. The number of aromatic amines is 1. The summed E-state index contributed by atoms with van der Waals surface area (Å²) in [4.78, 5) is 14.1. The molecule has 0 bridgehead atoms. The molecule has 3 heterocycles. The van der Waals surface area contributed by atoms with Gasteiger partial charge in [-0.25, -0.2) is 0 Å². The van der Waals surface area contributed by atoms with Gasteiger partial charge in [0.2, 0.25) is 5.76 Å². The van der Waals surface area contributed by atoms with Gasteiger partial charge in [0.1, 0.15) is 5.76 Å². The SMILES string of the molecule is Cc1oc(C(F)(F)F)c(C(=O)N2CCCC2c2nn[nH]n2)c1C. The van der Waals surface area contributed by atoms with E-state index in [0.29, 0.717) is 25.2 Å². The molecule has 0 aliphatic carbocycles. The molecule has 2 aromatic rings. The Morgan fingerprint density at radius 2 is 2.13 bits per heavy atom. The van der Waals surface area contributed by atoms with E-state index < -0.39 is 29.4 Å². The Bertz CT molecular complexity index is 723. The molecule has 23 heavy (non-hydrogen) atoms. The van der Waals surface area contributed by atoms with Crippen LogP contribution < -0.4 is 0 Å². The maximum absolute atomic E-state index is 13.2. The van der Waals surface area contributed by atoms with Crippen LogP contribution in [0.3, 0.4) is 0 Å². The number of hydrogen-bond donors (Lipinski definition) is 1. The number of rotatable bonds is 2. The molecule has 0 radical (unpaired) electrons. The molecule has 1 atom stereocenters.